The Hall–Kier alpha value is -2.95. The molecule has 128 valence electrons. The average molecular weight is 333 g/mol. The molecule has 0 spiro atoms. The van der Waals surface area contributed by atoms with Gasteiger partial charge in [0.2, 0.25) is 5.95 Å². The van der Waals surface area contributed by atoms with Gasteiger partial charge in [0.25, 0.3) is 0 Å². The highest BCUT2D eigenvalue weighted by molar-refractivity contribution is 5.60. The Morgan fingerprint density at radius 3 is 2.40 bits per heavy atom. The molecule has 0 amide bonds. The first kappa shape index (κ1) is 16.9. The van der Waals surface area contributed by atoms with Crippen molar-refractivity contribution in [3.8, 4) is 0 Å². The van der Waals surface area contributed by atoms with Crippen molar-refractivity contribution in [1.82, 2.24) is 15.0 Å². The molecular formula is C20H23N5. The third-order valence-corrected chi connectivity index (χ3v) is 4.12. The summed E-state index contributed by atoms with van der Waals surface area (Å²) in [5, 5.41) is 0. The van der Waals surface area contributed by atoms with Gasteiger partial charge in [-0.2, -0.15) is 4.98 Å². The number of nitrogens with zero attached hydrogens (tertiary/aromatic N) is 5. The Morgan fingerprint density at radius 2 is 1.68 bits per heavy atom. The number of aromatic nitrogens is 3. The van der Waals surface area contributed by atoms with E-state index in [1.54, 1.807) is 0 Å². The van der Waals surface area contributed by atoms with E-state index in [2.05, 4.69) is 38.8 Å². The number of para-hydroxylation sites is 1. The van der Waals surface area contributed by atoms with E-state index in [1.165, 1.54) is 5.56 Å². The SMILES string of the molecule is CCN(c1ccccc1)c1ccnc(N(C)CCc2ccncc2)n1. The Labute approximate surface area is 149 Å². The van der Waals surface area contributed by atoms with Crippen molar-refractivity contribution >= 4 is 17.5 Å². The van der Waals surface area contributed by atoms with Crippen LogP contribution in [0.2, 0.25) is 0 Å². The van der Waals surface area contributed by atoms with Crippen molar-refractivity contribution in [3.63, 3.8) is 0 Å². The van der Waals surface area contributed by atoms with E-state index >= 15 is 0 Å². The molecule has 0 bridgehead atoms. The summed E-state index contributed by atoms with van der Waals surface area (Å²) in [5.41, 5.74) is 2.39. The lowest BCUT2D eigenvalue weighted by Crippen LogP contribution is -2.24. The molecule has 25 heavy (non-hydrogen) atoms. The number of likely N-dealkylation sites (N-methyl/N-ethyl adjacent to an activating group) is 1. The number of benzene rings is 1. The summed E-state index contributed by atoms with van der Waals surface area (Å²) in [6.07, 6.45) is 6.41. The third-order valence-electron chi connectivity index (χ3n) is 4.12. The van der Waals surface area contributed by atoms with E-state index in [0.29, 0.717) is 0 Å². The zero-order valence-electron chi connectivity index (χ0n) is 14.7. The standard InChI is InChI=1S/C20H23N5/c1-3-25(18-7-5-4-6-8-18)19-11-15-22-20(23-19)24(2)16-12-17-9-13-21-14-10-17/h4-11,13-15H,3,12,16H2,1-2H3. The molecule has 0 N–H and O–H groups in total. The fourth-order valence-electron chi connectivity index (χ4n) is 2.70. The predicted molar refractivity (Wildman–Crippen MR) is 102 cm³/mol. The molecule has 0 saturated carbocycles. The quantitative estimate of drug-likeness (QED) is 0.659. The summed E-state index contributed by atoms with van der Waals surface area (Å²) in [6.45, 7) is 3.83. The van der Waals surface area contributed by atoms with Gasteiger partial charge in [0.05, 0.1) is 0 Å². The molecule has 2 aromatic heterocycles. The minimum atomic E-state index is 0.737. The molecule has 0 aliphatic rings. The fraction of sp³-hybridized carbons (Fsp3) is 0.250. The van der Waals surface area contributed by atoms with Crippen molar-refractivity contribution < 1.29 is 0 Å². The largest absolute Gasteiger partial charge is 0.343 e. The molecule has 2 heterocycles. The van der Waals surface area contributed by atoms with Crippen molar-refractivity contribution in [2.75, 3.05) is 29.9 Å². The fourth-order valence-corrected chi connectivity index (χ4v) is 2.70. The summed E-state index contributed by atoms with van der Waals surface area (Å²) in [6, 6.07) is 16.3. The molecule has 3 rings (SSSR count). The third kappa shape index (κ3) is 4.32. The van der Waals surface area contributed by atoms with Crippen LogP contribution in [0.4, 0.5) is 17.5 Å². The van der Waals surface area contributed by atoms with Gasteiger partial charge in [-0.3, -0.25) is 4.98 Å². The van der Waals surface area contributed by atoms with Crippen LogP contribution in [0.5, 0.6) is 0 Å². The van der Waals surface area contributed by atoms with Gasteiger partial charge in [-0.05, 0) is 49.2 Å². The molecule has 5 heteroatoms. The van der Waals surface area contributed by atoms with Crippen LogP contribution in [0.3, 0.4) is 0 Å². The van der Waals surface area contributed by atoms with Crippen LogP contribution in [0, 0.1) is 0 Å². The number of hydrogen-bond donors (Lipinski definition) is 0. The Morgan fingerprint density at radius 1 is 0.920 bits per heavy atom. The molecule has 3 aromatic rings. The Bertz CT molecular complexity index is 776. The summed E-state index contributed by atoms with van der Waals surface area (Å²) in [7, 11) is 2.03. The highest BCUT2D eigenvalue weighted by Gasteiger charge is 2.11. The van der Waals surface area contributed by atoms with Gasteiger partial charge in [0.15, 0.2) is 0 Å². The monoisotopic (exact) mass is 333 g/mol. The van der Waals surface area contributed by atoms with Crippen LogP contribution >= 0.6 is 0 Å². The van der Waals surface area contributed by atoms with Crippen LogP contribution in [0.15, 0.2) is 67.1 Å². The first-order valence-electron chi connectivity index (χ1n) is 8.53. The van der Waals surface area contributed by atoms with E-state index in [-0.39, 0.29) is 0 Å². The lowest BCUT2D eigenvalue weighted by atomic mass is 10.2. The first-order valence-corrected chi connectivity index (χ1v) is 8.53. The number of rotatable bonds is 7. The number of pyridine rings is 1. The minimum Gasteiger partial charge on any atom is -0.343 e. The molecule has 0 fully saturated rings. The van der Waals surface area contributed by atoms with Crippen LogP contribution < -0.4 is 9.80 Å². The van der Waals surface area contributed by atoms with Crippen molar-refractivity contribution in [3.05, 3.63) is 72.7 Å². The maximum atomic E-state index is 4.76. The predicted octanol–water partition coefficient (Wildman–Crippen LogP) is 3.71. The van der Waals surface area contributed by atoms with Crippen LogP contribution in [0.25, 0.3) is 0 Å². The first-order chi connectivity index (χ1) is 12.3. The molecule has 0 atom stereocenters. The van der Waals surface area contributed by atoms with E-state index in [9.17, 15) is 0 Å². The van der Waals surface area contributed by atoms with Gasteiger partial charge < -0.3 is 9.80 Å². The topological polar surface area (TPSA) is 45.2 Å². The van der Waals surface area contributed by atoms with Gasteiger partial charge in [-0.25, -0.2) is 4.98 Å². The maximum Gasteiger partial charge on any atom is 0.227 e. The molecule has 0 unspecified atom stereocenters. The summed E-state index contributed by atoms with van der Waals surface area (Å²) >= 11 is 0. The molecule has 0 aliphatic carbocycles. The van der Waals surface area contributed by atoms with E-state index < -0.39 is 0 Å². The zero-order chi connectivity index (χ0) is 17.5. The normalized spacial score (nSPS) is 10.5. The van der Waals surface area contributed by atoms with E-state index in [0.717, 1.165) is 37.0 Å². The smallest absolute Gasteiger partial charge is 0.227 e. The Balaban J connectivity index is 1.74. The van der Waals surface area contributed by atoms with Crippen molar-refractivity contribution in [1.29, 1.82) is 0 Å². The molecule has 0 radical (unpaired) electrons. The molecule has 1 aromatic carbocycles. The second kappa shape index (κ2) is 8.24. The lowest BCUT2D eigenvalue weighted by Gasteiger charge is -2.24. The van der Waals surface area contributed by atoms with Gasteiger partial charge in [0, 0.05) is 44.4 Å². The van der Waals surface area contributed by atoms with Crippen molar-refractivity contribution in [2.24, 2.45) is 0 Å². The van der Waals surface area contributed by atoms with Crippen LogP contribution in [0.1, 0.15) is 12.5 Å². The summed E-state index contributed by atoms with van der Waals surface area (Å²) < 4.78 is 0. The second-order valence-electron chi connectivity index (χ2n) is 5.82. The van der Waals surface area contributed by atoms with E-state index in [1.807, 2.05) is 62.0 Å². The highest BCUT2D eigenvalue weighted by atomic mass is 15.3. The highest BCUT2D eigenvalue weighted by Crippen LogP contribution is 2.23. The Kier molecular flexibility index (Phi) is 5.57. The zero-order valence-corrected chi connectivity index (χ0v) is 14.7. The van der Waals surface area contributed by atoms with Crippen LogP contribution in [-0.2, 0) is 6.42 Å². The molecule has 5 nitrogen and oxygen atoms in total. The van der Waals surface area contributed by atoms with E-state index in [4.69, 9.17) is 4.98 Å². The van der Waals surface area contributed by atoms with Crippen molar-refractivity contribution in [2.45, 2.75) is 13.3 Å². The van der Waals surface area contributed by atoms with Gasteiger partial charge in [-0.15, -0.1) is 0 Å². The van der Waals surface area contributed by atoms with Gasteiger partial charge in [0.1, 0.15) is 5.82 Å². The number of hydrogen-bond acceptors (Lipinski definition) is 5. The summed E-state index contributed by atoms with van der Waals surface area (Å²) in [4.78, 5) is 17.5. The average Bonchev–Trinajstić information content (AvgIpc) is 2.69. The molecular weight excluding hydrogens is 310 g/mol. The molecule has 0 aliphatic heterocycles. The van der Waals surface area contributed by atoms with Crippen LogP contribution in [-0.4, -0.2) is 35.1 Å². The van der Waals surface area contributed by atoms with Gasteiger partial charge in [-0.1, -0.05) is 18.2 Å². The lowest BCUT2D eigenvalue weighted by molar-refractivity contribution is 0.832. The molecule has 0 saturated heterocycles. The second-order valence-corrected chi connectivity index (χ2v) is 5.82. The maximum absolute atomic E-state index is 4.76. The minimum absolute atomic E-state index is 0.737. The summed E-state index contributed by atoms with van der Waals surface area (Å²) in [5.74, 6) is 1.65. The van der Waals surface area contributed by atoms with Gasteiger partial charge >= 0.3 is 0 Å². The number of anilines is 3.